The van der Waals surface area contributed by atoms with Crippen LogP contribution in [-0.4, -0.2) is 102 Å². The van der Waals surface area contributed by atoms with Crippen LogP contribution in [0.25, 0.3) is 0 Å². The Hall–Kier alpha value is -2.45. The average molecular weight is 552 g/mol. The van der Waals surface area contributed by atoms with Gasteiger partial charge in [-0.15, -0.1) is 0 Å². The quantitative estimate of drug-likeness (QED) is 0.408. The van der Waals surface area contributed by atoms with Crippen molar-refractivity contribution in [2.24, 2.45) is 0 Å². The Balaban J connectivity index is 1.52. The fraction of sp³-hybridized carbons (Fsp3) is 0.538. The van der Waals surface area contributed by atoms with Gasteiger partial charge in [0, 0.05) is 44.9 Å². The van der Waals surface area contributed by atoms with Crippen molar-refractivity contribution in [2.75, 3.05) is 79.0 Å². The molecule has 1 aliphatic heterocycles. The van der Waals surface area contributed by atoms with Crippen molar-refractivity contribution in [2.45, 2.75) is 18.4 Å². The van der Waals surface area contributed by atoms with Crippen molar-refractivity contribution >= 4 is 15.7 Å². The van der Waals surface area contributed by atoms with E-state index < -0.39 is 14.9 Å². The summed E-state index contributed by atoms with van der Waals surface area (Å²) < 4.78 is 50.5. The highest BCUT2D eigenvalue weighted by Crippen LogP contribution is 2.16. The summed E-state index contributed by atoms with van der Waals surface area (Å²) in [6.07, 6.45) is 0. The number of benzene rings is 2. The molecule has 12 heteroatoms. The highest BCUT2D eigenvalue weighted by molar-refractivity contribution is 7.89. The zero-order chi connectivity index (χ0) is 27.2. The normalized spacial score (nSPS) is 18.9. The molecule has 0 atom stereocenters. The second kappa shape index (κ2) is 15.8. The number of ether oxygens (including phenoxy) is 4. The van der Waals surface area contributed by atoms with Crippen molar-refractivity contribution in [3.63, 3.8) is 0 Å². The maximum absolute atomic E-state index is 13.2. The number of hydrogen-bond acceptors (Lipinski definition) is 9. The zero-order valence-corrected chi connectivity index (χ0v) is 22.6. The van der Waals surface area contributed by atoms with Gasteiger partial charge in [-0.1, -0.05) is 29.8 Å². The van der Waals surface area contributed by atoms with Crippen LogP contribution in [0.2, 0.25) is 0 Å². The van der Waals surface area contributed by atoms with E-state index >= 15 is 0 Å². The van der Waals surface area contributed by atoms with Crippen LogP contribution in [0, 0.1) is 17.0 Å². The fourth-order valence-electron chi connectivity index (χ4n) is 3.83. The van der Waals surface area contributed by atoms with E-state index in [-0.39, 0.29) is 36.9 Å². The Morgan fingerprint density at radius 3 is 1.68 bits per heavy atom. The summed E-state index contributed by atoms with van der Waals surface area (Å²) in [6.45, 7) is 7.15. The van der Waals surface area contributed by atoms with Crippen molar-refractivity contribution in [3.05, 3.63) is 69.8 Å². The Kier molecular flexibility index (Phi) is 12.5. The van der Waals surface area contributed by atoms with Crippen molar-refractivity contribution in [3.8, 4) is 0 Å². The molecule has 1 fully saturated rings. The number of hydrogen-bond donors (Lipinski definition) is 0. The number of rotatable bonds is 5. The van der Waals surface area contributed by atoms with Gasteiger partial charge in [-0.25, -0.2) is 8.42 Å². The van der Waals surface area contributed by atoms with Gasteiger partial charge < -0.3 is 18.9 Å². The summed E-state index contributed by atoms with van der Waals surface area (Å²) in [5, 5.41) is 10.9. The molecule has 0 N–H and O–H groups in total. The van der Waals surface area contributed by atoms with Crippen molar-refractivity contribution in [1.82, 2.24) is 9.21 Å². The van der Waals surface area contributed by atoms with E-state index in [2.05, 4.69) is 4.90 Å². The molecular formula is C26H37N3O8S. The van der Waals surface area contributed by atoms with Crippen LogP contribution < -0.4 is 0 Å². The molecule has 210 valence electrons. The Labute approximate surface area is 224 Å². The Morgan fingerprint density at radius 2 is 1.21 bits per heavy atom. The SMILES string of the molecule is Cc1ccc(S(=O)(=O)N2CCOCCOCCN(Cc3ccc([N+](=O)[O-])cc3)CCOCCOCC2)cc1. The van der Waals surface area contributed by atoms with Gasteiger partial charge in [0.15, 0.2) is 0 Å². The minimum absolute atomic E-state index is 0.0657. The second-order valence-corrected chi connectivity index (χ2v) is 10.8. The van der Waals surface area contributed by atoms with Crippen LogP contribution >= 0.6 is 0 Å². The molecule has 0 unspecified atom stereocenters. The summed E-state index contributed by atoms with van der Waals surface area (Å²) in [6, 6.07) is 13.3. The van der Waals surface area contributed by atoms with Gasteiger partial charge in [-0.05, 0) is 24.6 Å². The first-order valence-electron chi connectivity index (χ1n) is 12.7. The third-order valence-corrected chi connectivity index (χ3v) is 7.94. The maximum atomic E-state index is 13.2. The molecule has 1 saturated heterocycles. The minimum atomic E-state index is -3.67. The minimum Gasteiger partial charge on any atom is -0.378 e. The Morgan fingerprint density at radius 1 is 0.737 bits per heavy atom. The summed E-state index contributed by atoms with van der Waals surface area (Å²) >= 11 is 0. The average Bonchev–Trinajstić information content (AvgIpc) is 2.90. The zero-order valence-electron chi connectivity index (χ0n) is 21.8. The molecule has 0 bridgehead atoms. The van der Waals surface area contributed by atoms with E-state index in [4.69, 9.17) is 18.9 Å². The molecule has 0 spiro atoms. The summed E-state index contributed by atoms with van der Waals surface area (Å²) in [7, 11) is -3.67. The molecule has 3 rings (SSSR count). The van der Waals surface area contributed by atoms with E-state index in [0.717, 1.165) is 11.1 Å². The van der Waals surface area contributed by atoms with Crippen LogP contribution in [0.4, 0.5) is 5.69 Å². The monoisotopic (exact) mass is 551 g/mol. The van der Waals surface area contributed by atoms with Crippen molar-refractivity contribution in [1.29, 1.82) is 0 Å². The topological polar surface area (TPSA) is 121 Å². The first-order chi connectivity index (χ1) is 18.4. The van der Waals surface area contributed by atoms with Gasteiger partial charge in [0.1, 0.15) is 0 Å². The van der Waals surface area contributed by atoms with E-state index in [1.807, 2.05) is 6.92 Å². The van der Waals surface area contributed by atoms with E-state index in [9.17, 15) is 18.5 Å². The molecule has 1 aliphatic rings. The fourth-order valence-corrected chi connectivity index (χ4v) is 5.23. The molecule has 11 nitrogen and oxygen atoms in total. The van der Waals surface area contributed by atoms with Crippen LogP contribution in [0.1, 0.15) is 11.1 Å². The van der Waals surface area contributed by atoms with Crippen LogP contribution in [0.3, 0.4) is 0 Å². The lowest BCUT2D eigenvalue weighted by molar-refractivity contribution is -0.384. The number of nitro groups is 1. The van der Waals surface area contributed by atoms with Crippen molar-refractivity contribution < 1.29 is 32.3 Å². The predicted molar refractivity (Wildman–Crippen MR) is 142 cm³/mol. The van der Waals surface area contributed by atoms with Gasteiger partial charge in [-0.2, -0.15) is 4.31 Å². The van der Waals surface area contributed by atoms with Gasteiger partial charge in [0.25, 0.3) is 5.69 Å². The molecule has 38 heavy (non-hydrogen) atoms. The third kappa shape index (κ3) is 10.0. The van der Waals surface area contributed by atoms with Gasteiger partial charge >= 0.3 is 0 Å². The molecule has 0 aliphatic carbocycles. The molecule has 2 aromatic carbocycles. The molecular weight excluding hydrogens is 514 g/mol. The van der Waals surface area contributed by atoms with E-state index in [0.29, 0.717) is 59.3 Å². The van der Waals surface area contributed by atoms with Gasteiger partial charge in [0.05, 0.1) is 62.7 Å². The highest BCUT2D eigenvalue weighted by Gasteiger charge is 2.24. The van der Waals surface area contributed by atoms with E-state index in [1.165, 1.54) is 16.4 Å². The molecule has 2 aromatic rings. The summed E-state index contributed by atoms with van der Waals surface area (Å²) in [4.78, 5) is 12.9. The summed E-state index contributed by atoms with van der Waals surface area (Å²) in [5.41, 5.74) is 2.02. The van der Waals surface area contributed by atoms with Gasteiger partial charge in [0.2, 0.25) is 10.0 Å². The van der Waals surface area contributed by atoms with Crippen LogP contribution in [0.5, 0.6) is 0 Å². The molecule has 0 aromatic heterocycles. The maximum Gasteiger partial charge on any atom is 0.269 e. The summed E-state index contributed by atoms with van der Waals surface area (Å²) in [5.74, 6) is 0. The van der Waals surface area contributed by atoms with Gasteiger partial charge in [-0.3, -0.25) is 15.0 Å². The standard InChI is InChI=1S/C26H37N3O8S/c1-23-2-8-26(9-3-23)38(32,33)28-12-16-36-20-18-34-14-10-27(11-15-35-19-21-37-17-13-28)22-24-4-6-25(7-5-24)29(30)31/h2-9H,10-22H2,1H3. The highest BCUT2D eigenvalue weighted by atomic mass is 32.2. The van der Waals surface area contributed by atoms with Crippen LogP contribution in [0.15, 0.2) is 53.4 Å². The second-order valence-electron chi connectivity index (χ2n) is 8.87. The lowest BCUT2D eigenvalue weighted by Crippen LogP contribution is -2.37. The van der Waals surface area contributed by atoms with Crippen LogP contribution in [-0.2, 0) is 35.5 Å². The van der Waals surface area contributed by atoms with E-state index in [1.54, 1.807) is 36.4 Å². The molecule has 0 amide bonds. The number of nitrogens with zero attached hydrogens (tertiary/aromatic N) is 3. The first kappa shape index (κ1) is 30.1. The first-order valence-corrected chi connectivity index (χ1v) is 14.1. The molecule has 0 saturated carbocycles. The lowest BCUT2D eigenvalue weighted by atomic mass is 10.2. The lowest BCUT2D eigenvalue weighted by Gasteiger charge is -2.23. The third-order valence-electron chi connectivity index (χ3n) is 6.03. The Bertz CT molecular complexity index is 1060. The number of non-ortho nitro benzene ring substituents is 1. The largest absolute Gasteiger partial charge is 0.378 e. The predicted octanol–water partition coefficient (Wildman–Crippen LogP) is 2.48. The smallest absolute Gasteiger partial charge is 0.269 e. The number of aryl methyl sites for hydroxylation is 1. The number of sulfonamides is 1. The molecule has 1 heterocycles. The number of nitro benzene ring substituents is 1. The molecule has 0 radical (unpaired) electrons.